The van der Waals surface area contributed by atoms with Crippen LogP contribution < -0.4 is 10.6 Å². The third-order valence-corrected chi connectivity index (χ3v) is 5.81. The first-order valence-corrected chi connectivity index (χ1v) is 9.32. The fourth-order valence-corrected chi connectivity index (χ4v) is 5.15. The predicted octanol–water partition coefficient (Wildman–Crippen LogP) is 3.51. The highest BCUT2D eigenvalue weighted by atomic mass is 32.1. The van der Waals surface area contributed by atoms with E-state index in [4.69, 9.17) is 4.74 Å². The number of ether oxygens (including phenoxy) is 1. The number of rotatable bonds is 3. The van der Waals surface area contributed by atoms with Crippen LogP contribution in [0, 0.1) is 6.92 Å². The molecule has 1 fully saturated rings. The number of methoxy groups -OCH3 is 1. The van der Waals surface area contributed by atoms with Gasteiger partial charge in [0, 0.05) is 17.1 Å². The smallest absolute Gasteiger partial charge is 0.348 e. The predicted molar refractivity (Wildman–Crippen MR) is 101 cm³/mol. The van der Waals surface area contributed by atoms with Gasteiger partial charge in [0.1, 0.15) is 21.9 Å². The van der Waals surface area contributed by atoms with E-state index in [2.05, 4.69) is 48.3 Å². The average molecular weight is 362 g/mol. The van der Waals surface area contributed by atoms with Crippen LogP contribution in [-0.4, -0.2) is 40.2 Å². The SMILES string of the molecule is COC(=O)c1sc2ncnc(NC3CC(C)(C)NC(C)(C)C3)c2c1C. The number of aromatic nitrogens is 2. The molecule has 1 aliphatic heterocycles. The molecule has 1 saturated heterocycles. The van der Waals surface area contributed by atoms with Crippen LogP contribution in [0.3, 0.4) is 0 Å². The maximum atomic E-state index is 12.0. The van der Waals surface area contributed by atoms with E-state index in [9.17, 15) is 4.79 Å². The lowest BCUT2D eigenvalue weighted by Crippen LogP contribution is -2.60. The minimum absolute atomic E-state index is 0.0480. The molecule has 3 heterocycles. The number of fused-ring (bicyclic) bond motifs is 1. The van der Waals surface area contributed by atoms with E-state index >= 15 is 0 Å². The van der Waals surface area contributed by atoms with Gasteiger partial charge >= 0.3 is 5.97 Å². The molecule has 0 spiro atoms. The first-order chi connectivity index (χ1) is 11.6. The topological polar surface area (TPSA) is 76.1 Å². The number of aryl methyl sites for hydroxylation is 1. The zero-order valence-corrected chi connectivity index (χ0v) is 16.5. The molecule has 0 amide bonds. The number of hydrogen-bond acceptors (Lipinski definition) is 7. The lowest BCUT2D eigenvalue weighted by Gasteiger charge is -2.46. The van der Waals surface area contributed by atoms with E-state index in [1.807, 2.05) is 6.92 Å². The van der Waals surface area contributed by atoms with Crippen LogP contribution in [0.15, 0.2) is 6.33 Å². The third-order valence-electron chi connectivity index (χ3n) is 4.63. The highest BCUT2D eigenvalue weighted by Gasteiger charge is 2.38. The molecule has 2 N–H and O–H groups in total. The minimum atomic E-state index is -0.324. The molecule has 0 saturated carbocycles. The summed E-state index contributed by atoms with van der Waals surface area (Å²) in [7, 11) is 1.40. The molecule has 2 aromatic rings. The lowest BCUT2D eigenvalue weighted by atomic mass is 9.79. The van der Waals surface area contributed by atoms with Crippen molar-refractivity contribution in [1.82, 2.24) is 15.3 Å². The van der Waals surface area contributed by atoms with Crippen molar-refractivity contribution in [3.05, 3.63) is 16.8 Å². The molecule has 0 unspecified atom stereocenters. The van der Waals surface area contributed by atoms with Gasteiger partial charge < -0.3 is 15.4 Å². The van der Waals surface area contributed by atoms with Gasteiger partial charge in [-0.25, -0.2) is 14.8 Å². The fourth-order valence-electron chi connectivity index (χ4n) is 4.09. The van der Waals surface area contributed by atoms with E-state index in [0.29, 0.717) is 10.9 Å². The number of nitrogens with zero attached hydrogens (tertiary/aromatic N) is 2. The first kappa shape index (κ1) is 18.1. The zero-order chi connectivity index (χ0) is 18.4. The summed E-state index contributed by atoms with van der Waals surface area (Å²) >= 11 is 1.35. The first-order valence-electron chi connectivity index (χ1n) is 8.50. The van der Waals surface area contributed by atoms with E-state index in [-0.39, 0.29) is 17.0 Å². The Morgan fingerprint density at radius 2 is 1.92 bits per heavy atom. The van der Waals surface area contributed by atoms with Crippen LogP contribution in [-0.2, 0) is 4.74 Å². The van der Waals surface area contributed by atoms with Crippen LogP contribution >= 0.6 is 11.3 Å². The van der Waals surface area contributed by atoms with Gasteiger partial charge in [0.05, 0.1) is 12.5 Å². The quantitative estimate of drug-likeness (QED) is 0.814. The molecule has 0 bridgehead atoms. The van der Waals surface area contributed by atoms with Crippen molar-refractivity contribution >= 4 is 33.3 Å². The number of carbonyl (C=O) groups excluding carboxylic acids is 1. The second-order valence-corrected chi connectivity index (χ2v) is 9.09. The van der Waals surface area contributed by atoms with Crippen LogP contribution in [0.25, 0.3) is 10.2 Å². The summed E-state index contributed by atoms with van der Waals surface area (Å²) in [4.78, 5) is 22.2. The Morgan fingerprint density at radius 1 is 1.28 bits per heavy atom. The molecule has 7 heteroatoms. The fraction of sp³-hybridized carbons (Fsp3) is 0.611. The van der Waals surface area contributed by atoms with Crippen LogP contribution in [0.5, 0.6) is 0 Å². The minimum Gasteiger partial charge on any atom is -0.465 e. The van der Waals surface area contributed by atoms with Gasteiger partial charge in [-0.3, -0.25) is 0 Å². The number of anilines is 1. The molecule has 0 atom stereocenters. The highest BCUT2D eigenvalue weighted by Crippen LogP contribution is 2.36. The Bertz CT molecular complexity index is 797. The van der Waals surface area contributed by atoms with E-state index in [1.54, 1.807) is 6.33 Å². The molecule has 136 valence electrons. The summed E-state index contributed by atoms with van der Waals surface area (Å²) in [5, 5.41) is 8.22. The largest absolute Gasteiger partial charge is 0.465 e. The second kappa shape index (κ2) is 6.21. The van der Waals surface area contributed by atoms with Crippen molar-refractivity contribution in [2.24, 2.45) is 0 Å². The summed E-state index contributed by atoms with van der Waals surface area (Å²) in [5.74, 6) is 0.475. The molecule has 0 aromatic carbocycles. The van der Waals surface area contributed by atoms with E-state index in [1.165, 1.54) is 18.4 Å². The van der Waals surface area contributed by atoms with Gasteiger partial charge in [0.2, 0.25) is 0 Å². The number of esters is 1. The van der Waals surface area contributed by atoms with Crippen molar-refractivity contribution in [1.29, 1.82) is 0 Å². The van der Waals surface area contributed by atoms with Crippen LogP contribution in [0.4, 0.5) is 5.82 Å². The number of thiophene rings is 1. The van der Waals surface area contributed by atoms with Crippen molar-refractivity contribution < 1.29 is 9.53 Å². The Kier molecular flexibility index (Phi) is 4.49. The maximum Gasteiger partial charge on any atom is 0.348 e. The van der Waals surface area contributed by atoms with E-state index < -0.39 is 0 Å². The standard InChI is InChI=1S/C18H26N4O2S/c1-10-12-14(19-9-20-15(12)25-13(10)16(23)24-6)21-11-7-17(2,3)22-18(4,5)8-11/h9,11,22H,7-8H2,1-6H3,(H,19,20,21). The molecule has 0 radical (unpaired) electrons. The van der Waals surface area contributed by atoms with Gasteiger partial charge in [0.25, 0.3) is 0 Å². The van der Waals surface area contributed by atoms with Gasteiger partial charge in [-0.15, -0.1) is 11.3 Å². The summed E-state index contributed by atoms with van der Waals surface area (Å²) in [5.41, 5.74) is 0.973. The molecular weight excluding hydrogens is 336 g/mol. The number of piperidine rings is 1. The average Bonchev–Trinajstić information content (AvgIpc) is 2.81. The molecule has 0 aliphatic carbocycles. The van der Waals surface area contributed by atoms with Crippen molar-refractivity contribution in [2.45, 2.75) is 64.6 Å². The maximum absolute atomic E-state index is 12.0. The Balaban J connectivity index is 1.96. The van der Waals surface area contributed by atoms with Gasteiger partial charge in [0.15, 0.2) is 0 Å². The Hall–Kier alpha value is -1.73. The van der Waals surface area contributed by atoms with Crippen molar-refractivity contribution in [3.8, 4) is 0 Å². The second-order valence-electron chi connectivity index (χ2n) is 8.09. The van der Waals surface area contributed by atoms with E-state index in [0.717, 1.165) is 34.4 Å². The third kappa shape index (κ3) is 3.62. The lowest BCUT2D eigenvalue weighted by molar-refractivity contribution is 0.0605. The van der Waals surface area contributed by atoms with Crippen molar-refractivity contribution in [2.75, 3.05) is 12.4 Å². The monoisotopic (exact) mass is 362 g/mol. The molecule has 25 heavy (non-hydrogen) atoms. The highest BCUT2D eigenvalue weighted by molar-refractivity contribution is 7.20. The Labute approximate surface area is 152 Å². The number of carbonyl (C=O) groups is 1. The van der Waals surface area contributed by atoms with Crippen LogP contribution in [0.2, 0.25) is 0 Å². The summed E-state index contributed by atoms with van der Waals surface area (Å²) in [6.45, 7) is 10.8. The van der Waals surface area contributed by atoms with Crippen molar-refractivity contribution in [3.63, 3.8) is 0 Å². The molecule has 3 rings (SSSR count). The molecule has 6 nitrogen and oxygen atoms in total. The Morgan fingerprint density at radius 3 is 2.52 bits per heavy atom. The molecule has 2 aromatic heterocycles. The molecule has 1 aliphatic rings. The zero-order valence-electron chi connectivity index (χ0n) is 15.7. The normalized spacial score (nSPS) is 19.8. The van der Waals surface area contributed by atoms with Gasteiger partial charge in [-0.05, 0) is 53.0 Å². The van der Waals surface area contributed by atoms with Gasteiger partial charge in [-0.1, -0.05) is 0 Å². The molecular formula is C18H26N4O2S. The van der Waals surface area contributed by atoms with Gasteiger partial charge in [-0.2, -0.15) is 0 Å². The summed E-state index contributed by atoms with van der Waals surface area (Å²) in [6, 6.07) is 0.297. The van der Waals surface area contributed by atoms with Crippen LogP contribution in [0.1, 0.15) is 55.8 Å². The summed E-state index contributed by atoms with van der Waals surface area (Å²) < 4.78 is 4.89. The number of hydrogen-bond donors (Lipinski definition) is 2. The summed E-state index contributed by atoms with van der Waals surface area (Å²) in [6.07, 6.45) is 3.54. The number of nitrogens with one attached hydrogen (secondary N) is 2.